The van der Waals surface area contributed by atoms with Gasteiger partial charge in [-0.1, -0.05) is 30.3 Å². The summed E-state index contributed by atoms with van der Waals surface area (Å²) in [6.45, 7) is 0. The number of nitriles is 1. The number of aliphatic hydroxyl groups is 1. The second kappa shape index (κ2) is 5.38. The van der Waals surface area contributed by atoms with E-state index in [1.807, 2.05) is 36.4 Å². The zero-order valence-electron chi connectivity index (χ0n) is 7.93. The summed E-state index contributed by atoms with van der Waals surface area (Å²) in [7, 11) is 0. The standard InChI is InChI=1S/C11H14N2O/c12-7-6-11(14)10(13)8-9-4-2-1-3-5-9/h1-5,10-11,14H,6,8,13H2/t10-,11?/m0/s1. The van der Waals surface area contributed by atoms with Crippen molar-refractivity contribution >= 4 is 0 Å². The van der Waals surface area contributed by atoms with Gasteiger partial charge in [-0.15, -0.1) is 0 Å². The molecule has 0 aliphatic carbocycles. The van der Waals surface area contributed by atoms with E-state index in [1.54, 1.807) is 0 Å². The summed E-state index contributed by atoms with van der Waals surface area (Å²) < 4.78 is 0. The predicted octanol–water partition coefficient (Wildman–Crippen LogP) is 0.831. The van der Waals surface area contributed by atoms with Gasteiger partial charge in [0.15, 0.2) is 0 Å². The molecule has 1 aromatic carbocycles. The fourth-order valence-electron chi connectivity index (χ4n) is 1.27. The molecule has 1 unspecified atom stereocenters. The summed E-state index contributed by atoms with van der Waals surface area (Å²) in [5.41, 5.74) is 6.81. The van der Waals surface area contributed by atoms with E-state index in [2.05, 4.69) is 0 Å². The van der Waals surface area contributed by atoms with Gasteiger partial charge in [-0.2, -0.15) is 5.26 Å². The molecular weight excluding hydrogens is 176 g/mol. The van der Waals surface area contributed by atoms with E-state index >= 15 is 0 Å². The van der Waals surface area contributed by atoms with E-state index in [0.29, 0.717) is 6.42 Å². The summed E-state index contributed by atoms with van der Waals surface area (Å²) >= 11 is 0. The van der Waals surface area contributed by atoms with Crippen molar-refractivity contribution in [3.05, 3.63) is 35.9 Å². The highest BCUT2D eigenvalue weighted by Crippen LogP contribution is 2.05. The van der Waals surface area contributed by atoms with E-state index in [1.165, 1.54) is 0 Å². The first kappa shape index (κ1) is 10.7. The molecule has 1 aromatic rings. The quantitative estimate of drug-likeness (QED) is 0.738. The van der Waals surface area contributed by atoms with Crippen LogP contribution in [0.25, 0.3) is 0 Å². The first-order valence-electron chi connectivity index (χ1n) is 4.58. The fraction of sp³-hybridized carbons (Fsp3) is 0.364. The number of nitrogens with two attached hydrogens (primary N) is 1. The minimum atomic E-state index is -0.736. The summed E-state index contributed by atoms with van der Waals surface area (Å²) in [5, 5.41) is 17.8. The molecule has 0 fully saturated rings. The minimum absolute atomic E-state index is 0.0913. The molecule has 0 saturated carbocycles. The van der Waals surface area contributed by atoms with Gasteiger partial charge >= 0.3 is 0 Å². The van der Waals surface area contributed by atoms with Crippen molar-refractivity contribution in [2.45, 2.75) is 25.0 Å². The van der Waals surface area contributed by atoms with Crippen molar-refractivity contribution in [2.24, 2.45) is 5.73 Å². The molecule has 3 heteroatoms. The maximum atomic E-state index is 9.43. The third-order valence-corrected chi connectivity index (χ3v) is 2.11. The molecule has 0 radical (unpaired) electrons. The van der Waals surface area contributed by atoms with Gasteiger partial charge in [0, 0.05) is 6.04 Å². The van der Waals surface area contributed by atoms with E-state index in [9.17, 15) is 5.11 Å². The van der Waals surface area contributed by atoms with Crippen LogP contribution in [0, 0.1) is 11.3 Å². The van der Waals surface area contributed by atoms with Gasteiger partial charge in [-0.25, -0.2) is 0 Å². The van der Waals surface area contributed by atoms with Crippen molar-refractivity contribution in [1.29, 1.82) is 5.26 Å². The van der Waals surface area contributed by atoms with Crippen LogP contribution in [0.1, 0.15) is 12.0 Å². The molecule has 0 saturated heterocycles. The van der Waals surface area contributed by atoms with E-state index in [0.717, 1.165) is 5.56 Å². The molecule has 0 bridgehead atoms. The molecule has 1 rings (SSSR count). The van der Waals surface area contributed by atoms with Gasteiger partial charge < -0.3 is 10.8 Å². The Morgan fingerprint density at radius 1 is 1.36 bits per heavy atom. The highest BCUT2D eigenvalue weighted by Gasteiger charge is 2.14. The molecule has 0 heterocycles. The second-order valence-corrected chi connectivity index (χ2v) is 3.28. The Labute approximate surface area is 83.8 Å². The molecule has 0 spiro atoms. The highest BCUT2D eigenvalue weighted by molar-refractivity contribution is 5.16. The Kier molecular flexibility index (Phi) is 4.11. The van der Waals surface area contributed by atoms with E-state index < -0.39 is 6.10 Å². The Balaban J connectivity index is 2.49. The number of rotatable bonds is 4. The SMILES string of the molecule is N#CCC(O)[C@@H](N)Cc1ccccc1. The molecule has 14 heavy (non-hydrogen) atoms. The third kappa shape index (κ3) is 3.17. The molecular formula is C11H14N2O. The molecule has 3 nitrogen and oxygen atoms in total. The lowest BCUT2D eigenvalue weighted by Gasteiger charge is -2.15. The van der Waals surface area contributed by atoms with Crippen LogP contribution in [-0.4, -0.2) is 17.3 Å². The van der Waals surface area contributed by atoms with Crippen molar-refractivity contribution < 1.29 is 5.11 Å². The van der Waals surface area contributed by atoms with Gasteiger partial charge in [0.1, 0.15) is 0 Å². The van der Waals surface area contributed by atoms with Crippen LogP contribution >= 0.6 is 0 Å². The Morgan fingerprint density at radius 3 is 2.57 bits per heavy atom. The monoisotopic (exact) mass is 190 g/mol. The Bertz CT molecular complexity index is 305. The number of hydrogen-bond donors (Lipinski definition) is 2. The van der Waals surface area contributed by atoms with Gasteiger partial charge in [-0.3, -0.25) is 0 Å². The summed E-state index contributed by atoms with van der Waals surface area (Å²) in [5.74, 6) is 0. The number of nitrogens with zero attached hydrogens (tertiary/aromatic N) is 1. The molecule has 3 N–H and O–H groups in total. The first-order valence-corrected chi connectivity index (χ1v) is 4.58. The average molecular weight is 190 g/mol. The summed E-state index contributed by atoms with van der Waals surface area (Å²) in [6.07, 6.45) is -0.0438. The van der Waals surface area contributed by atoms with Crippen molar-refractivity contribution in [3.63, 3.8) is 0 Å². The summed E-state index contributed by atoms with van der Waals surface area (Å²) in [4.78, 5) is 0. The van der Waals surface area contributed by atoms with Crippen LogP contribution in [0.2, 0.25) is 0 Å². The lowest BCUT2D eigenvalue weighted by atomic mass is 10.0. The third-order valence-electron chi connectivity index (χ3n) is 2.11. The van der Waals surface area contributed by atoms with E-state index in [-0.39, 0.29) is 12.5 Å². The average Bonchev–Trinajstić information content (AvgIpc) is 2.19. The molecule has 0 aromatic heterocycles. The van der Waals surface area contributed by atoms with Crippen molar-refractivity contribution in [3.8, 4) is 6.07 Å². The number of aliphatic hydroxyl groups excluding tert-OH is 1. The minimum Gasteiger partial charge on any atom is -0.390 e. The maximum absolute atomic E-state index is 9.43. The normalized spacial score (nSPS) is 14.4. The van der Waals surface area contributed by atoms with Gasteiger partial charge in [0.25, 0.3) is 0 Å². The zero-order valence-corrected chi connectivity index (χ0v) is 7.93. The maximum Gasteiger partial charge on any atom is 0.0823 e. The van der Waals surface area contributed by atoms with Crippen LogP contribution in [-0.2, 0) is 6.42 Å². The zero-order chi connectivity index (χ0) is 10.4. The van der Waals surface area contributed by atoms with Crippen LogP contribution < -0.4 is 5.73 Å². The number of benzene rings is 1. The lowest BCUT2D eigenvalue weighted by Crippen LogP contribution is -2.36. The predicted molar refractivity (Wildman–Crippen MR) is 54.4 cm³/mol. The fourth-order valence-corrected chi connectivity index (χ4v) is 1.27. The highest BCUT2D eigenvalue weighted by atomic mass is 16.3. The van der Waals surface area contributed by atoms with Gasteiger partial charge in [0.2, 0.25) is 0 Å². The van der Waals surface area contributed by atoms with Gasteiger partial charge in [0.05, 0.1) is 18.6 Å². The molecule has 0 aliphatic rings. The second-order valence-electron chi connectivity index (χ2n) is 3.28. The Morgan fingerprint density at radius 2 is 2.00 bits per heavy atom. The van der Waals surface area contributed by atoms with Crippen LogP contribution in [0.3, 0.4) is 0 Å². The molecule has 74 valence electrons. The van der Waals surface area contributed by atoms with Crippen LogP contribution in [0.5, 0.6) is 0 Å². The molecule has 2 atom stereocenters. The topological polar surface area (TPSA) is 70.0 Å². The largest absolute Gasteiger partial charge is 0.390 e. The van der Waals surface area contributed by atoms with Crippen LogP contribution in [0.15, 0.2) is 30.3 Å². The molecule has 0 amide bonds. The van der Waals surface area contributed by atoms with Crippen LogP contribution in [0.4, 0.5) is 0 Å². The van der Waals surface area contributed by atoms with Gasteiger partial charge in [-0.05, 0) is 12.0 Å². The van der Waals surface area contributed by atoms with Crippen molar-refractivity contribution in [2.75, 3.05) is 0 Å². The first-order chi connectivity index (χ1) is 6.74. The number of hydrogen-bond acceptors (Lipinski definition) is 3. The molecule has 0 aliphatic heterocycles. The summed E-state index contributed by atoms with van der Waals surface area (Å²) in [6, 6.07) is 11.2. The van der Waals surface area contributed by atoms with E-state index in [4.69, 9.17) is 11.0 Å². The Hall–Kier alpha value is -1.37. The smallest absolute Gasteiger partial charge is 0.0823 e. The van der Waals surface area contributed by atoms with Crippen molar-refractivity contribution in [1.82, 2.24) is 0 Å². The lowest BCUT2D eigenvalue weighted by molar-refractivity contribution is 0.149.